The molecule has 0 radical (unpaired) electrons. The summed E-state index contributed by atoms with van der Waals surface area (Å²) < 4.78 is 0. The van der Waals surface area contributed by atoms with Gasteiger partial charge >= 0.3 is 0 Å². The van der Waals surface area contributed by atoms with E-state index in [2.05, 4.69) is 35.8 Å². The van der Waals surface area contributed by atoms with Crippen LogP contribution in [0, 0.1) is 0 Å². The molecule has 1 fully saturated rings. The van der Waals surface area contributed by atoms with Gasteiger partial charge in [0.05, 0.1) is 0 Å². The molecule has 2 atom stereocenters. The van der Waals surface area contributed by atoms with E-state index in [-0.39, 0.29) is 0 Å². The minimum absolute atomic E-state index is 0.454. The lowest BCUT2D eigenvalue weighted by atomic mass is 9.88. The van der Waals surface area contributed by atoms with E-state index in [0.29, 0.717) is 12.0 Å². The molecule has 1 aliphatic carbocycles. The maximum Gasteiger partial charge on any atom is 0.0279 e. The van der Waals surface area contributed by atoms with Crippen molar-refractivity contribution in [3.63, 3.8) is 0 Å². The summed E-state index contributed by atoms with van der Waals surface area (Å²) in [5, 5.41) is 0. The van der Waals surface area contributed by atoms with Crippen molar-refractivity contribution >= 4 is 0 Å². The predicted molar refractivity (Wildman–Crippen MR) is 63.4 cm³/mol. The van der Waals surface area contributed by atoms with Gasteiger partial charge in [-0.2, -0.15) is 0 Å². The van der Waals surface area contributed by atoms with E-state index in [9.17, 15) is 0 Å². The van der Waals surface area contributed by atoms with Crippen molar-refractivity contribution in [1.29, 1.82) is 0 Å². The molecule has 1 aliphatic rings. The van der Waals surface area contributed by atoms with Crippen molar-refractivity contribution in [1.82, 2.24) is 5.43 Å². The standard InChI is InChI=1S/C13H20N2/c14-15-13-10-6-2-5-9-12(13)11-7-3-1-4-8-11/h1,3-4,7-8,12-13,15H,2,5-6,9-10,14H2. The molecule has 1 aromatic carbocycles. The molecule has 15 heavy (non-hydrogen) atoms. The normalized spacial score (nSPS) is 27.3. The fourth-order valence-electron chi connectivity index (χ4n) is 2.61. The van der Waals surface area contributed by atoms with Crippen molar-refractivity contribution in [2.45, 2.75) is 44.1 Å². The number of hydrazine groups is 1. The highest BCUT2D eigenvalue weighted by Crippen LogP contribution is 2.31. The molecule has 3 N–H and O–H groups in total. The summed E-state index contributed by atoms with van der Waals surface area (Å²) in [4.78, 5) is 0. The molecule has 82 valence electrons. The van der Waals surface area contributed by atoms with Crippen LogP contribution in [0.5, 0.6) is 0 Å². The maximum atomic E-state index is 5.65. The Hall–Kier alpha value is -0.860. The SMILES string of the molecule is NNC1CCCCCC1c1ccccc1. The van der Waals surface area contributed by atoms with E-state index in [4.69, 9.17) is 5.84 Å². The van der Waals surface area contributed by atoms with Crippen molar-refractivity contribution in [2.75, 3.05) is 0 Å². The molecular weight excluding hydrogens is 184 g/mol. The highest BCUT2D eigenvalue weighted by molar-refractivity contribution is 5.21. The van der Waals surface area contributed by atoms with Gasteiger partial charge in [0.25, 0.3) is 0 Å². The lowest BCUT2D eigenvalue weighted by Crippen LogP contribution is -2.39. The Bertz CT molecular complexity index is 284. The highest BCUT2D eigenvalue weighted by Gasteiger charge is 2.23. The molecule has 1 aromatic rings. The number of hydrogen-bond acceptors (Lipinski definition) is 2. The second-order valence-electron chi connectivity index (χ2n) is 4.43. The van der Waals surface area contributed by atoms with Crippen molar-refractivity contribution in [3.8, 4) is 0 Å². The van der Waals surface area contributed by atoms with Crippen LogP contribution in [-0.4, -0.2) is 6.04 Å². The van der Waals surface area contributed by atoms with Crippen LogP contribution >= 0.6 is 0 Å². The van der Waals surface area contributed by atoms with Crippen LogP contribution in [0.4, 0.5) is 0 Å². The van der Waals surface area contributed by atoms with Gasteiger partial charge in [0, 0.05) is 12.0 Å². The van der Waals surface area contributed by atoms with Crippen LogP contribution in [0.3, 0.4) is 0 Å². The number of nitrogens with one attached hydrogen (secondary N) is 1. The summed E-state index contributed by atoms with van der Waals surface area (Å²) in [6.07, 6.45) is 6.45. The number of rotatable bonds is 2. The molecular formula is C13H20N2. The molecule has 0 heterocycles. The third-order valence-electron chi connectivity index (χ3n) is 3.46. The second-order valence-corrected chi connectivity index (χ2v) is 4.43. The summed E-state index contributed by atoms with van der Waals surface area (Å²) in [5.41, 5.74) is 4.43. The van der Waals surface area contributed by atoms with Gasteiger partial charge in [-0.25, -0.2) is 0 Å². The van der Waals surface area contributed by atoms with Crippen molar-refractivity contribution in [2.24, 2.45) is 5.84 Å². The number of nitrogens with two attached hydrogens (primary N) is 1. The van der Waals surface area contributed by atoms with Gasteiger partial charge in [-0.3, -0.25) is 11.3 Å². The number of benzene rings is 1. The molecule has 2 nitrogen and oxygen atoms in total. The molecule has 0 bridgehead atoms. The smallest absolute Gasteiger partial charge is 0.0279 e. The van der Waals surface area contributed by atoms with Crippen LogP contribution in [0.1, 0.15) is 43.6 Å². The van der Waals surface area contributed by atoms with Crippen LogP contribution in [-0.2, 0) is 0 Å². The van der Waals surface area contributed by atoms with E-state index < -0.39 is 0 Å². The zero-order valence-corrected chi connectivity index (χ0v) is 9.15. The first-order chi connectivity index (χ1) is 7.42. The van der Waals surface area contributed by atoms with Gasteiger partial charge in [0.1, 0.15) is 0 Å². The molecule has 2 rings (SSSR count). The molecule has 2 heteroatoms. The molecule has 0 amide bonds. The minimum atomic E-state index is 0.454. The summed E-state index contributed by atoms with van der Waals surface area (Å²) in [5.74, 6) is 6.25. The molecule has 1 saturated carbocycles. The molecule has 0 saturated heterocycles. The van der Waals surface area contributed by atoms with Crippen LogP contribution in [0.2, 0.25) is 0 Å². The average molecular weight is 204 g/mol. The first-order valence-corrected chi connectivity index (χ1v) is 5.93. The zero-order chi connectivity index (χ0) is 10.5. The Morgan fingerprint density at radius 3 is 2.47 bits per heavy atom. The Morgan fingerprint density at radius 1 is 1.00 bits per heavy atom. The first-order valence-electron chi connectivity index (χ1n) is 5.93. The van der Waals surface area contributed by atoms with E-state index in [1.54, 1.807) is 0 Å². The Balaban J connectivity index is 2.16. The van der Waals surface area contributed by atoms with Gasteiger partial charge in [0.2, 0.25) is 0 Å². The zero-order valence-electron chi connectivity index (χ0n) is 9.15. The lowest BCUT2D eigenvalue weighted by Gasteiger charge is -2.24. The summed E-state index contributed by atoms with van der Waals surface area (Å²) >= 11 is 0. The van der Waals surface area contributed by atoms with Crippen LogP contribution < -0.4 is 11.3 Å². The Kier molecular flexibility index (Phi) is 3.75. The van der Waals surface area contributed by atoms with E-state index >= 15 is 0 Å². The summed E-state index contributed by atoms with van der Waals surface area (Å²) in [6.45, 7) is 0. The van der Waals surface area contributed by atoms with E-state index in [1.807, 2.05) is 0 Å². The highest BCUT2D eigenvalue weighted by atomic mass is 15.2. The van der Waals surface area contributed by atoms with Gasteiger partial charge in [-0.1, -0.05) is 49.6 Å². The third-order valence-corrected chi connectivity index (χ3v) is 3.46. The average Bonchev–Trinajstić information content (AvgIpc) is 2.55. The van der Waals surface area contributed by atoms with Gasteiger partial charge < -0.3 is 0 Å². The summed E-state index contributed by atoms with van der Waals surface area (Å²) in [6, 6.07) is 11.2. The Labute approximate surface area is 91.8 Å². The molecule has 0 aromatic heterocycles. The summed E-state index contributed by atoms with van der Waals surface area (Å²) in [7, 11) is 0. The monoisotopic (exact) mass is 204 g/mol. The van der Waals surface area contributed by atoms with Crippen LogP contribution in [0.15, 0.2) is 30.3 Å². The minimum Gasteiger partial charge on any atom is -0.271 e. The van der Waals surface area contributed by atoms with Gasteiger partial charge in [-0.05, 0) is 18.4 Å². The van der Waals surface area contributed by atoms with Gasteiger partial charge in [0.15, 0.2) is 0 Å². The molecule has 2 unspecified atom stereocenters. The van der Waals surface area contributed by atoms with Gasteiger partial charge in [-0.15, -0.1) is 0 Å². The van der Waals surface area contributed by atoms with E-state index in [1.165, 1.54) is 37.7 Å². The fourth-order valence-corrected chi connectivity index (χ4v) is 2.61. The predicted octanol–water partition coefficient (Wildman–Crippen LogP) is 2.57. The largest absolute Gasteiger partial charge is 0.271 e. The second kappa shape index (κ2) is 5.29. The molecule has 0 spiro atoms. The Morgan fingerprint density at radius 2 is 1.73 bits per heavy atom. The third kappa shape index (κ3) is 2.58. The molecule has 0 aliphatic heterocycles. The maximum absolute atomic E-state index is 5.65. The lowest BCUT2D eigenvalue weighted by molar-refractivity contribution is 0.418. The quantitative estimate of drug-likeness (QED) is 0.441. The van der Waals surface area contributed by atoms with E-state index in [0.717, 1.165) is 0 Å². The number of hydrogen-bond donors (Lipinski definition) is 2. The fraction of sp³-hybridized carbons (Fsp3) is 0.538. The van der Waals surface area contributed by atoms with Crippen molar-refractivity contribution in [3.05, 3.63) is 35.9 Å². The van der Waals surface area contributed by atoms with Crippen LogP contribution in [0.25, 0.3) is 0 Å². The van der Waals surface area contributed by atoms with Crippen molar-refractivity contribution < 1.29 is 0 Å². The first kappa shape index (κ1) is 10.7. The topological polar surface area (TPSA) is 38.0 Å².